The third-order valence-electron chi connectivity index (χ3n) is 3.45. The molecule has 0 radical (unpaired) electrons. The van der Waals surface area contributed by atoms with Gasteiger partial charge in [0, 0.05) is 30.8 Å². The van der Waals surface area contributed by atoms with E-state index in [1.807, 2.05) is 13.0 Å². The average molecular weight is 263 g/mol. The topological polar surface area (TPSA) is 76.5 Å². The summed E-state index contributed by atoms with van der Waals surface area (Å²) in [7, 11) is 0. The van der Waals surface area contributed by atoms with E-state index in [1.54, 1.807) is 21.7 Å². The molecule has 3 rings (SSSR count). The van der Waals surface area contributed by atoms with Gasteiger partial charge in [0.1, 0.15) is 5.82 Å². The predicted octanol–water partition coefficient (Wildman–Crippen LogP) is 0.441. The lowest BCUT2D eigenvalue weighted by Gasteiger charge is -2.21. The van der Waals surface area contributed by atoms with Crippen molar-refractivity contribution in [1.29, 1.82) is 0 Å². The fourth-order valence-electron chi connectivity index (χ4n) is 2.41. The highest BCUT2D eigenvalue weighted by molar-refractivity contribution is 5.85. The second kappa shape index (κ2) is 3.91. The number of hydrogen-bond donors (Lipinski definition) is 1. The highest BCUT2D eigenvalue weighted by atomic mass is 19.1. The molecule has 0 aliphatic carbocycles. The fourth-order valence-corrected chi connectivity index (χ4v) is 2.41. The van der Waals surface area contributed by atoms with Crippen LogP contribution < -0.4 is 10.6 Å². The minimum Gasteiger partial charge on any atom is -0.367 e. The number of nitrogens with two attached hydrogens (primary N) is 1. The molecule has 19 heavy (non-hydrogen) atoms. The van der Waals surface area contributed by atoms with Crippen molar-refractivity contribution in [3.8, 4) is 0 Å². The Balaban J connectivity index is 2.02. The first-order chi connectivity index (χ1) is 8.99. The predicted molar refractivity (Wildman–Crippen MR) is 67.6 cm³/mol. The SMILES string of the molecule is Cc1cc(N2CCC(F)(C(N)=O)C2)n2nccc2n1. The number of anilines is 1. The molecule has 0 spiro atoms. The van der Waals surface area contributed by atoms with Gasteiger partial charge in [0.25, 0.3) is 5.91 Å². The van der Waals surface area contributed by atoms with Crippen LogP contribution in [0, 0.1) is 6.92 Å². The third kappa shape index (κ3) is 1.81. The Labute approximate surface area is 109 Å². The zero-order chi connectivity index (χ0) is 13.6. The van der Waals surface area contributed by atoms with Gasteiger partial charge in [0.05, 0.1) is 12.7 Å². The van der Waals surface area contributed by atoms with Crippen molar-refractivity contribution in [3.05, 3.63) is 24.0 Å². The highest BCUT2D eigenvalue weighted by Crippen LogP contribution is 2.29. The van der Waals surface area contributed by atoms with Crippen LogP contribution in [0.1, 0.15) is 12.1 Å². The second-order valence-electron chi connectivity index (χ2n) is 4.86. The standard InChI is InChI=1S/C12H14FN5O/c1-8-6-10(18-9(16-8)2-4-15-18)17-5-3-12(13,7-17)11(14)19/h2,4,6H,3,5,7H2,1H3,(H2,14,19). The van der Waals surface area contributed by atoms with E-state index in [1.165, 1.54) is 0 Å². The van der Waals surface area contributed by atoms with Crippen LogP contribution in [0.15, 0.2) is 18.3 Å². The molecular weight excluding hydrogens is 249 g/mol. The van der Waals surface area contributed by atoms with Gasteiger partial charge >= 0.3 is 0 Å². The molecule has 1 unspecified atom stereocenters. The van der Waals surface area contributed by atoms with E-state index in [4.69, 9.17) is 5.73 Å². The Morgan fingerprint density at radius 3 is 3.05 bits per heavy atom. The number of amides is 1. The summed E-state index contributed by atoms with van der Waals surface area (Å²) in [6.07, 6.45) is 1.74. The Hall–Kier alpha value is -2.18. The molecule has 0 bridgehead atoms. The highest BCUT2D eigenvalue weighted by Gasteiger charge is 2.44. The second-order valence-corrected chi connectivity index (χ2v) is 4.86. The van der Waals surface area contributed by atoms with Crippen molar-refractivity contribution in [2.45, 2.75) is 19.0 Å². The van der Waals surface area contributed by atoms with Crippen LogP contribution in [0.2, 0.25) is 0 Å². The van der Waals surface area contributed by atoms with E-state index in [0.29, 0.717) is 12.2 Å². The number of hydrogen-bond acceptors (Lipinski definition) is 4. The Morgan fingerprint density at radius 2 is 2.37 bits per heavy atom. The van der Waals surface area contributed by atoms with Crippen molar-refractivity contribution in [1.82, 2.24) is 14.6 Å². The van der Waals surface area contributed by atoms with Gasteiger partial charge in [0.15, 0.2) is 5.65 Å². The van der Waals surface area contributed by atoms with Crippen LogP contribution >= 0.6 is 0 Å². The molecule has 7 heteroatoms. The molecule has 1 saturated heterocycles. The maximum absolute atomic E-state index is 14.2. The van der Waals surface area contributed by atoms with Crippen LogP contribution in [0.5, 0.6) is 0 Å². The summed E-state index contributed by atoms with van der Waals surface area (Å²) in [5.74, 6) is -0.175. The zero-order valence-corrected chi connectivity index (χ0v) is 10.5. The number of alkyl halides is 1. The van der Waals surface area contributed by atoms with E-state index >= 15 is 0 Å². The lowest BCUT2D eigenvalue weighted by Crippen LogP contribution is -2.42. The first kappa shape index (κ1) is 11.9. The number of fused-ring (bicyclic) bond motifs is 1. The van der Waals surface area contributed by atoms with Gasteiger partial charge in [0.2, 0.25) is 5.67 Å². The molecule has 1 amide bonds. The van der Waals surface area contributed by atoms with E-state index in [2.05, 4.69) is 10.1 Å². The number of aryl methyl sites for hydroxylation is 1. The molecule has 0 aromatic carbocycles. The Bertz CT molecular complexity index is 655. The molecule has 1 aliphatic rings. The maximum Gasteiger partial charge on any atom is 0.257 e. The molecule has 6 nitrogen and oxygen atoms in total. The number of halogens is 1. The number of aromatic nitrogens is 3. The van der Waals surface area contributed by atoms with Crippen molar-refractivity contribution in [3.63, 3.8) is 0 Å². The van der Waals surface area contributed by atoms with Crippen molar-refractivity contribution in [2.24, 2.45) is 5.73 Å². The Kier molecular flexibility index (Phi) is 2.44. The summed E-state index contributed by atoms with van der Waals surface area (Å²) < 4.78 is 15.9. The zero-order valence-electron chi connectivity index (χ0n) is 10.5. The van der Waals surface area contributed by atoms with Gasteiger partial charge in [-0.3, -0.25) is 4.79 Å². The summed E-state index contributed by atoms with van der Waals surface area (Å²) in [6.45, 7) is 2.25. The quantitative estimate of drug-likeness (QED) is 0.853. The molecule has 1 atom stereocenters. The van der Waals surface area contributed by atoms with Crippen LogP contribution in [0.25, 0.3) is 5.65 Å². The number of nitrogens with zero attached hydrogens (tertiary/aromatic N) is 4. The number of primary amides is 1. The van der Waals surface area contributed by atoms with Gasteiger partial charge in [-0.05, 0) is 6.92 Å². The molecule has 3 heterocycles. The van der Waals surface area contributed by atoms with Gasteiger partial charge in [-0.15, -0.1) is 0 Å². The van der Waals surface area contributed by atoms with Gasteiger partial charge < -0.3 is 10.6 Å². The van der Waals surface area contributed by atoms with Gasteiger partial charge in [-0.1, -0.05) is 0 Å². The summed E-state index contributed by atoms with van der Waals surface area (Å²) in [4.78, 5) is 17.3. The number of carbonyl (C=O) groups excluding carboxylic acids is 1. The van der Waals surface area contributed by atoms with Crippen molar-refractivity contribution >= 4 is 17.4 Å². The smallest absolute Gasteiger partial charge is 0.257 e. The molecule has 2 aromatic rings. The summed E-state index contributed by atoms with van der Waals surface area (Å²) in [5.41, 5.74) is 4.68. The summed E-state index contributed by atoms with van der Waals surface area (Å²) in [6, 6.07) is 3.61. The lowest BCUT2D eigenvalue weighted by molar-refractivity contribution is -0.128. The normalized spacial score (nSPS) is 23.2. The fraction of sp³-hybridized carbons (Fsp3) is 0.417. The first-order valence-electron chi connectivity index (χ1n) is 6.05. The van der Waals surface area contributed by atoms with Crippen LogP contribution in [-0.4, -0.2) is 39.3 Å². The molecule has 1 fully saturated rings. The van der Waals surface area contributed by atoms with E-state index in [0.717, 1.165) is 11.5 Å². The van der Waals surface area contributed by atoms with Gasteiger partial charge in [-0.25, -0.2) is 9.37 Å². The largest absolute Gasteiger partial charge is 0.367 e. The Morgan fingerprint density at radius 1 is 1.58 bits per heavy atom. The van der Waals surface area contributed by atoms with Gasteiger partial charge in [-0.2, -0.15) is 9.61 Å². The minimum absolute atomic E-state index is 0.0409. The van der Waals surface area contributed by atoms with E-state index < -0.39 is 11.6 Å². The number of rotatable bonds is 2. The van der Waals surface area contributed by atoms with Crippen LogP contribution in [0.3, 0.4) is 0 Å². The van der Waals surface area contributed by atoms with E-state index in [9.17, 15) is 9.18 Å². The molecular formula is C12H14FN5O. The third-order valence-corrected chi connectivity index (χ3v) is 3.45. The van der Waals surface area contributed by atoms with E-state index in [-0.39, 0.29) is 13.0 Å². The molecule has 100 valence electrons. The lowest BCUT2D eigenvalue weighted by atomic mass is 10.1. The molecule has 0 saturated carbocycles. The molecule has 1 aliphatic heterocycles. The van der Waals surface area contributed by atoms with Crippen LogP contribution in [0.4, 0.5) is 10.2 Å². The minimum atomic E-state index is -1.96. The van der Waals surface area contributed by atoms with Crippen LogP contribution in [-0.2, 0) is 4.79 Å². The molecule has 2 N–H and O–H groups in total. The van der Waals surface area contributed by atoms with Crippen molar-refractivity contribution < 1.29 is 9.18 Å². The summed E-state index contributed by atoms with van der Waals surface area (Å²) in [5, 5.41) is 4.17. The first-order valence-corrected chi connectivity index (χ1v) is 6.05. The monoisotopic (exact) mass is 263 g/mol. The van der Waals surface area contributed by atoms with Crippen molar-refractivity contribution in [2.75, 3.05) is 18.0 Å². The molecule has 2 aromatic heterocycles. The number of carbonyl (C=O) groups is 1. The summed E-state index contributed by atoms with van der Waals surface area (Å²) >= 11 is 0. The average Bonchev–Trinajstić information content (AvgIpc) is 2.95. The maximum atomic E-state index is 14.2.